The van der Waals surface area contributed by atoms with Gasteiger partial charge in [-0.05, 0) is 55.4 Å². The first-order chi connectivity index (χ1) is 19.9. The van der Waals surface area contributed by atoms with Crippen LogP contribution in [0.1, 0.15) is 35.4 Å². The van der Waals surface area contributed by atoms with Crippen LogP contribution in [0.2, 0.25) is 5.02 Å². The minimum Gasteiger partial charge on any atom is -0.507 e. The van der Waals surface area contributed by atoms with Crippen molar-refractivity contribution >= 4 is 80.0 Å². The molecule has 2 aliphatic carbocycles. The second-order valence-electron chi connectivity index (χ2n) is 11.3. The molecule has 7 nitrogen and oxygen atoms in total. The van der Waals surface area contributed by atoms with Gasteiger partial charge in [0.15, 0.2) is 9.75 Å². The molecule has 6 rings (SSSR count). The number of carbonyl (C=O) groups is 4. The van der Waals surface area contributed by atoms with Crippen LogP contribution in [-0.2, 0) is 25.6 Å². The highest BCUT2D eigenvalue weighted by Crippen LogP contribution is 2.66. The van der Waals surface area contributed by atoms with Gasteiger partial charge in [-0.25, -0.2) is 4.90 Å². The largest absolute Gasteiger partial charge is 0.507 e. The number of hydrogen-bond donors (Lipinski definition) is 1. The summed E-state index contributed by atoms with van der Waals surface area (Å²) in [4.78, 5) is 53.7. The van der Waals surface area contributed by atoms with Crippen molar-refractivity contribution in [1.82, 2.24) is 4.90 Å². The number of carbonyl (C=O) groups excluding carboxylic acids is 4. The van der Waals surface area contributed by atoms with E-state index < -0.39 is 51.1 Å². The van der Waals surface area contributed by atoms with Gasteiger partial charge in [0.2, 0.25) is 11.8 Å². The van der Waals surface area contributed by atoms with Gasteiger partial charge in [0.1, 0.15) is 5.75 Å². The smallest absolute Gasteiger partial charge is 0.254 e. The molecule has 11 heteroatoms. The first-order valence-corrected chi connectivity index (χ1v) is 15.7. The van der Waals surface area contributed by atoms with Gasteiger partial charge in [-0.3, -0.25) is 24.1 Å². The van der Waals surface area contributed by atoms with Crippen LogP contribution < -0.4 is 4.90 Å². The average Bonchev–Trinajstić information content (AvgIpc) is 3.29. The summed E-state index contributed by atoms with van der Waals surface area (Å²) < 4.78 is 0. The van der Waals surface area contributed by atoms with Crippen LogP contribution in [0.25, 0.3) is 0 Å². The highest BCUT2D eigenvalue weighted by Gasteiger charge is 2.76. The first kappa shape index (κ1) is 29.4. The number of alkyl halides is 3. The summed E-state index contributed by atoms with van der Waals surface area (Å²) in [6.07, 6.45) is 3.91. The minimum atomic E-state index is -1.99. The summed E-state index contributed by atoms with van der Waals surface area (Å²) in [5.74, 6) is -5.56. The molecule has 0 spiro atoms. The Morgan fingerprint density at radius 1 is 1.10 bits per heavy atom. The van der Waals surface area contributed by atoms with Crippen LogP contribution in [0.5, 0.6) is 5.75 Å². The maximum Gasteiger partial charge on any atom is 0.254 e. The topological polar surface area (TPSA) is 95.0 Å². The highest BCUT2D eigenvalue weighted by molar-refractivity contribution is 9.09. The number of halogens is 4. The number of benzene rings is 2. The molecule has 3 fully saturated rings. The number of phenols is 1. The van der Waals surface area contributed by atoms with Gasteiger partial charge in [-0.2, -0.15) is 0 Å². The van der Waals surface area contributed by atoms with Gasteiger partial charge in [-0.15, -0.1) is 29.8 Å². The normalized spacial score (nSPS) is 32.1. The zero-order valence-corrected chi connectivity index (χ0v) is 26.3. The summed E-state index contributed by atoms with van der Waals surface area (Å²) in [5.41, 5.74) is 2.53. The van der Waals surface area contributed by atoms with E-state index >= 15 is 0 Å². The van der Waals surface area contributed by atoms with Crippen LogP contribution >= 0.6 is 50.7 Å². The Bertz CT molecular complexity index is 1630. The van der Waals surface area contributed by atoms with Gasteiger partial charge in [0, 0.05) is 16.5 Å². The molecule has 4 aliphatic rings. The number of nitrogens with zero attached hydrogens (tertiary/aromatic N) is 2. The fourth-order valence-corrected chi connectivity index (χ4v) is 8.83. The van der Waals surface area contributed by atoms with Crippen LogP contribution in [0.15, 0.2) is 60.7 Å². The molecular weight excluding hydrogens is 667 g/mol. The number of fused-ring (bicyclic) bond motifs is 4. The molecule has 2 aromatic rings. The molecule has 0 unspecified atom stereocenters. The zero-order chi connectivity index (χ0) is 30.3. The van der Waals surface area contributed by atoms with Gasteiger partial charge in [0.05, 0.1) is 23.0 Å². The van der Waals surface area contributed by atoms with E-state index in [2.05, 4.69) is 22.5 Å². The van der Waals surface area contributed by atoms with E-state index in [1.165, 1.54) is 0 Å². The lowest BCUT2D eigenvalue weighted by atomic mass is 9.56. The molecule has 218 valence electrons. The van der Waals surface area contributed by atoms with Crippen LogP contribution in [0.3, 0.4) is 0 Å². The van der Waals surface area contributed by atoms with Crippen LogP contribution in [-0.4, -0.2) is 48.8 Å². The third-order valence-corrected chi connectivity index (χ3v) is 11.6. The Labute approximate surface area is 266 Å². The Morgan fingerprint density at radius 2 is 1.83 bits per heavy atom. The van der Waals surface area contributed by atoms with E-state index in [0.717, 1.165) is 15.4 Å². The van der Waals surface area contributed by atoms with E-state index in [-0.39, 0.29) is 30.0 Å². The number of likely N-dealkylation sites (tertiary alicyclic amines) is 1. The van der Waals surface area contributed by atoms with Crippen molar-refractivity contribution in [3.05, 3.63) is 82.4 Å². The first-order valence-electron chi connectivity index (χ1n) is 13.5. The molecule has 0 radical (unpaired) electrons. The van der Waals surface area contributed by atoms with Crippen molar-refractivity contribution in [2.24, 2.45) is 17.8 Å². The van der Waals surface area contributed by atoms with Crippen molar-refractivity contribution in [2.45, 2.75) is 41.9 Å². The Kier molecular flexibility index (Phi) is 7.16. The van der Waals surface area contributed by atoms with Crippen molar-refractivity contribution < 1.29 is 24.3 Å². The molecule has 0 bridgehead atoms. The summed E-state index contributed by atoms with van der Waals surface area (Å²) in [6, 6.07) is 10.1. The lowest BCUT2D eigenvalue weighted by Crippen LogP contribution is -2.60. The van der Waals surface area contributed by atoms with Crippen LogP contribution in [0.4, 0.5) is 5.69 Å². The monoisotopic (exact) mass is 690 g/mol. The molecule has 2 aliphatic heterocycles. The van der Waals surface area contributed by atoms with E-state index in [4.69, 9.17) is 34.8 Å². The summed E-state index contributed by atoms with van der Waals surface area (Å²) in [6.45, 7) is 5.58. The molecule has 1 saturated carbocycles. The van der Waals surface area contributed by atoms with Crippen molar-refractivity contribution in [2.75, 3.05) is 10.4 Å². The second-order valence-corrected chi connectivity index (χ2v) is 13.4. The quantitative estimate of drug-likeness (QED) is 0.180. The zero-order valence-electron chi connectivity index (χ0n) is 22.5. The molecule has 42 heavy (non-hydrogen) atoms. The Balaban J connectivity index is 1.53. The molecule has 4 amide bonds. The van der Waals surface area contributed by atoms with Gasteiger partial charge >= 0.3 is 0 Å². The molecular formula is C31H26BrCl3N2O5. The third-order valence-electron chi connectivity index (χ3n) is 9.25. The summed E-state index contributed by atoms with van der Waals surface area (Å²) >= 11 is 24.1. The number of hydrogen-bond acceptors (Lipinski definition) is 5. The maximum absolute atomic E-state index is 14.1. The fourth-order valence-electron chi connectivity index (χ4n) is 7.24. The number of para-hydroxylation sites is 1. The Hall–Kier alpha value is -2.65. The molecule has 2 aromatic carbocycles. The standard InChI is InChI=1S/C31H26BrCl3N2O5/c1-3-5-16-6-4-7-20(25(16)38)24-18-10-11-19-23(27(40)37(26(19)39)17-9-8-15(2)22(33)12-17)21(18)13-30(34)28(41)36(14-32)29(42)31(24,30)35/h3-4,6-10,12,19,21,23-24,38H,1,5,11,13-14H2,2H3/t19-,21+,23-,24+,30+,31-/m0/s1. The van der Waals surface area contributed by atoms with Crippen molar-refractivity contribution in [3.63, 3.8) is 0 Å². The van der Waals surface area contributed by atoms with Crippen molar-refractivity contribution in [3.8, 4) is 5.75 Å². The number of phenolic OH excluding ortho intramolecular Hbond substituents is 1. The van der Waals surface area contributed by atoms with Gasteiger partial charge in [-0.1, -0.05) is 69.5 Å². The molecule has 2 heterocycles. The van der Waals surface area contributed by atoms with Gasteiger partial charge in [0.25, 0.3) is 11.8 Å². The number of allylic oxidation sites excluding steroid dienone is 3. The van der Waals surface area contributed by atoms with E-state index in [0.29, 0.717) is 33.8 Å². The number of rotatable bonds is 5. The number of anilines is 1. The molecule has 6 atom stereocenters. The average molecular weight is 693 g/mol. The lowest BCUT2D eigenvalue weighted by Gasteiger charge is -2.50. The SMILES string of the molecule is C=CCc1cccc([C@H]2C3=CC[C@@H]4C(=O)N(c5ccc(C)c(Cl)c5)C(=O)[C@@H]4[C@@H]3C[C@@]3(Cl)C(=O)N(CBr)C(=O)[C@@]23Cl)c1O. The highest BCUT2D eigenvalue weighted by atomic mass is 79.9. The van der Waals surface area contributed by atoms with Crippen LogP contribution in [0, 0.1) is 24.7 Å². The van der Waals surface area contributed by atoms with Gasteiger partial charge < -0.3 is 5.11 Å². The maximum atomic E-state index is 14.1. The second kappa shape index (κ2) is 10.2. The third kappa shape index (κ3) is 3.77. The predicted molar refractivity (Wildman–Crippen MR) is 164 cm³/mol. The summed E-state index contributed by atoms with van der Waals surface area (Å²) in [7, 11) is 0. The van der Waals surface area contributed by atoms with E-state index in [1.807, 2.05) is 13.0 Å². The molecule has 2 saturated heterocycles. The molecule has 0 aromatic heterocycles. The predicted octanol–water partition coefficient (Wildman–Crippen LogP) is 6.00. The number of aryl methyl sites for hydroxylation is 1. The number of aromatic hydroxyl groups is 1. The number of imide groups is 2. The summed E-state index contributed by atoms with van der Waals surface area (Å²) in [5, 5.41) is 11.9. The number of amides is 4. The molecule has 1 N–H and O–H groups in total. The Morgan fingerprint density at radius 3 is 2.50 bits per heavy atom. The minimum absolute atomic E-state index is 0.0904. The van der Waals surface area contributed by atoms with E-state index in [9.17, 15) is 24.3 Å². The lowest BCUT2D eigenvalue weighted by molar-refractivity contribution is -0.138. The fraction of sp³-hybridized carbons (Fsp3) is 0.355. The van der Waals surface area contributed by atoms with E-state index in [1.54, 1.807) is 42.5 Å². The van der Waals surface area contributed by atoms with Crippen molar-refractivity contribution in [1.29, 1.82) is 0 Å².